The highest BCUT2D eigenvalue weighted by Crippen LogP contribution is 2.20. The normalized spacial score (nSPS) is 14.2. The summed E-state index contributed by atoms with van der Waals surface area (Å²) < 4.78 is 28.5. The third-order valence-corrected chi connectivity index (χ3v) is 4.95. The predicted octanol–water partition coefficient (Wildman–Crippen LogP) is 2.21. The summed E-state index contributed by atoms with van der Waals surface area (Å²) in [6.07, 6.45) is 1.26. The van der Waals surface area contributed by atoms with Crippen LogP contribution in [0.15, 0.2) is 34.2 Å². The van der Waals surface area contributed by atoms with Crippen molar-refractivity contribution in [1.29, 1.82) is 0 Å². The molecule has 0 amide bonds. The van der Waals surface area contributed by atoms with Gasteiger partial charge in [-0.1, -0.05) is 32.9 Å². The molecular formula is C18H31N3O3S. The van der Waals surface area contributed by atoms with Crippen molar-refractivity contribution < 1.29 is 13.2 Å². The molecular weight excluding hydrogens is 338 g/mol. The molecule has 1 unspecified atom stereocenters. The molecule has 1 rings (SSSR count). The van der Waals surface area contributed by atoms with E-state index in [1.165, 1.54) is 6.26 Å². The van der Waals surface area contributed by atoms with Crippen LogP contribution in [0.5, 0.6) is 0 Å². The summed E-state index contributed by atoms with van der Waals surface area (Å²) in [6, 6.07) is 6.80. The van der Waals surface area contributed by atoms with Gasteiger partial charge in [-0.2, -0.15) is 0 Å². The van der Waals surface area contributed by atoms with Gasteiger partial charge < -0.3 is 15.4 Å². The van der Waals surface area contributed by atoms with Crippen molar-refractivity contribution in [3.63, 3.8) is 0 Å². The Balaban J connectivity index is 2.75. The summed E-state index contributed by atoms with van der Waals surface area (Å²) in [7, 11) is -1.46. The van der Waals surface area contributed by atoms with Crippen LogP contribution in [-0.4, -0.2) is 46.9 Å². The van der Waals surface area contributed by atoms with Crippen molar-refractivity contribution in [2.24, 2.45) is 10.4 Å². The Morgan fingerprint density at radius 1 is 1.20 bits per heavy atom. The van der Waals surface area contributed by atoms with E-state index < -0.39 is 9.84 Å². The SMILES string of the molecule is CCNC(=NCc1ccc(S(C)(=O)=O)cc1)NCC(OC)C(C)(C)C. The molecule has 0 spiro atoms. The third-order valence-electron chi connectivity index (χ3n) is 3.82. The second kappa shape index (κ2) is 9.20. The van der Waals surface area contributed by atoms with E-state index in [1.54, 1.807) is 31.4 Å². The third kappa shape index (κ3) is 7.44. The highest BCUT2D eigenvalue weighted by molar-refractivity contribution is 7.90. The maximum Gasteiger partial charge on any atom is 0.191 e. The average molecular weight is 370 g/mol. The van der Waals surface area contributed by atoms with Gasteiger partial charge in [0.05, 0.1) is 17.5 Å². The average Bonchev–Trinajstić information content (AvgIpc) is 2.51. The molecule has 0 aliphatic rings. The Labute approximate surface area is 152 Å². The molecule has 0 radical (unpaired) electrons. The van der Waals surface area contributed by atoms with Gasteiger partial charge in [0.1, 0.15) is 0 Å². The van der Waals surface area contributed by atoms with Crippen molar-refractivity contribution in [2.45, 2.75) is 45.2 Å². The van der Waals surface area contributed by atoms with Crippen LogP contribution in [0.1, 0.15) is 33.3 Å². The molecule has 0 bridgehead atoms. The van der Waals surface area contributed by atoms with E-state index in [9.17, 15) is 8.42 Å². The molecule has 25 heavy (non-hydrogen) atoms. The van der Waals surface area contributed by atoms with Crippen LogP contribution in [0.4, 0.5) is 0 Å². The first-order valence-electron chi connectivity index (χ1n) is 8.42. The minimum atomic E-state index is -3.17. The number of rotatable bonds is 7. The maximum absolute atomic E-state index is 11.5. The fraction of sp³-hybridized carbons (Fsp3) is 0.611. The van der Waals surface area contributed by atoms with Crippen LogP contribution < -0.4 is 10.6 Å². The second-order valence-corrected chi connectivity index (χ2v) is 9.10. The van der Waals surface area contributed by atoms with E-state index in [0.29, 0.717) is 23.9 Å². The number of ether oxygens (including phenoxy) is 1. The number of aliphatic imine (C=N–C) groups is 1. The number of guanidine groups is 1. The Kier molecular flexibility index (Phi) is 7.89. The Morgan fingerprint density at radius 2 is 1.80 bits per heavy atom. The highest BCUT2D eigenvalue weighted by Gasteiger charge is 2.24. The van der Waals surface area contributed by atoms with Gasteiger partial charge in [0.25, 0.3) is 0 Å². The first kappa shape index (κ1) is 21.4. The topological polar surface area (TPSA) is 79.8 Å². The van der Waals surface area contributed by atoms with Crippen molar-refractivity contribution >= 4 is 15.8 Å². The quantitative estimate of drug-likeness (QED) is 0.569. The summed E-state index contributed by atoms with van der Waals surface area (Å²) in [5, 5.41) is 6.51. The minimum Gasteiger partial charge on any atom is -0.379 e. The van der Waals surface area contributed by atoms with Crippen LogP contribution in [0.3, 0.4) is 0 Å². The highest BCUT2D eigenvalue weighted by atomic mass is 32.2. The summed E-state index contributed by atoms with van der Waals surface area (Å²) in [6.45, 7) is 10.3. The number of nitrogens with one attached hydrogen (secondary N) is 2. The Hall–Kier alpha value is -1.60. The fourth-order valence-corrected chi connectivity index (χ4v) is 2.92. The Morgan fingerprint density at radius 3 is 2.24 bits per heavy atom. The van der Waals surface area contributed by atoms with Gasteiger partial charge in [-0.3, -0.25) is 0 Å². The molecule has 0 heterocycles. The number of methoxy groups -OCH3 is 1. The largest absolute Gasteiger partial charge is 0.379 e. The van der Waals surface area contributed by atoms with E-state index in [-0.39, 0.29) is 11.5 Å². The molecule has 6 nitrogen and oxygen atoms in total. The molecule has 1 aromatic carbocycles. The van der Waals surface area contributed by atoms with E-state index in [0.717, 1.165) is 12.1 Å². The first-order valence-corrected chi connectivity index (χ1v) is 10.3. The van der Waals surface area contributed by atoms with Crippen molar-refractivity contribution in [1.82, 2.24) is 10.6 Å². The summed E-state index contributed by atoms with van der Waals surface area (Å²) >= 11 is 0. The van der Waals surface area contributed by atoms with Gasteiger partial charge in [-0.25, -0.2) is 13.4 Å². The van der Waals surface area contributed by atoms with Crippen LogP contribution >= 0.6 is 0 Å². The molecule has 0 aliphatic heterocycles. The van der Waals surface area contributed by atoms with Crippen molar-refractivity contribution in [2.75, 3.05) is 26.5 Å². The van der Waals surface area contributed by atoms with Gasteiger partial charge in [0, 0.05) is 26.5 Å². The molecule has 0 saturated heterocycles. The second-order valence-electron chi connectivity index (χ2n) is 7.08. The lowest BCUT2D eigenvalue weighted by atomic mass is 9.89. The van der Waals surface area contributed by atoms with Crippen molar-refractivity contribution in [3.05, 3.63) is 29.8 Å². The number of hydrogen-bond acceptors (Lipinski definition) is 4. The molecule has 1 aromatic rings. The fourth-order valence-electron chi connectivity index (χ4n) is 2.29. The van der Waals surface area contributed by atoms with Crippen LogP contribution in [-0.2, 0) is 21.1 Å². The Bertz CT molecular complexity index is 662. The lowest BCUT2D eigenvalue weighted by Crippen LogP contribution is -2.45. The maximum atomic E-state index is 11.5. The smallest absolute Gasteiger partial charge is 0.191 e. The van der Waals surface area contributed by atoms with E-state index in [1.807, 2.05) is 6.92 Å². The number of nitrogens with zero attached hydrogens (tertiary/aromatic N) is 1. The van der Waals surface area contributed by atoms with Gasteiger partial charge in [-0.05, 0) is 30.0 Å². The van der Waals surface area contributed by atoms with Crippen LogP contribution in [0, 0.1) is 5.41 Å². The lowest BCUT2D eigenvalue weighted by molar-refractivity contribution is 0.0205. The van der Waals surface area contributed by atoms with Gasteiger partial charge in [0.2, 0.25) is 0 Å². The van der Waals surface area contributed by atoms with E-state index in [4.69, 9.17) is 4.74 Å². The standard InChI is InChI=1S/C18H31N3O3S/c1-7-19-17(21-13-16(24-5)18(2,3)4)20-12-14-8-10-15(11-9-14)25(6,22)23/h8-11,16H,7,12-13H2,1-6H3,(H2,19,20,21). The zero-order valence-corrected chi connectivity index (χ0v) is 16.9. The van der Waals surface area contributed by atoms with E-state index in [2.05, 4.69) is 36.4 Å². The number of hydrogen-bond donors (Lipinski definition) is 2. The molecule has 0 aromatic heterocycles. The summed E-state index contributed by atoms with van der Waals surface area (Å²) in [4.78, 5) is 4.87. The molecule has 0 fully saturated rings. The number of benzene rings is 1. The monoisotopic (exact) mass is 369 g/mol. The number of sulfone groups is 1. The zero-order valence-electron chi connectivity index (χ0n) is 16.1. The van der Waals surface area contributed by atoms with Gasteiger partial charge in [0.15, 0.2) is 15.8 Å². The molecule has 0 aliphatic carbocycles. The molecule has 7 heteroatoms. The van der Waals surface area contributed by atoms with Gasteiger partial charge >= 0.3 is 0 Å². The van der Waals surface area contributed by atoms with Gasteiger partial charge in [-0.15, -0.1) is 0 Å². The minimum absolute atomic E-state index is 0.0283. The van der Waals surface area contributed by atoms with Crippen molar-refractivity contribution in [3.8, 4) is 0 Å². The summed E-state index contributed by atoms with van der Waals surface area (Å²) in [5.74, 6) is 0.709. The first-order chi connectivity index (χ1) is 11.6. The van der Waals surface area contributed by atoms with E-state index >= 15 is 0 Å². The lowest BCUT2D eigenvalue weighted by Gasteiger charge is -2.30. The molecule has 0 saturated carbocycles. The van der Waals surface area contributed by atoms with Crippen LogP contribution in [0.25, 0.3) is 0 Å². The van der Waals surface area contributed by atoms with Crippen LogP contribution in [0.2, 0.25) is 0 Å². The molecule has 1 atom stereocenters. The zero-order chi connectivity index (χ0) is 19.1. The molecule has 2 N–H and O–H groups in total. The predicted molar refractivity (Wildman–Crippen MR) is 103 cm³/mol. The molecule has 142 valence electrons. The summed E-state index contributed by atoms with van der Waals surface area (Å²) in [5.41, 5.74) is 0.976.